The predicted molar refractivity (Wildman–Crippen MR) is 84.4 cm³/mol. The van der Waals surface area contributed by atoms with Gasteiger partial charge in [-0.15, -0.1) is 11.3 Å². The Hall–Kier alpha value is -2.11. The van der Waals surface area contributed by atoms with E-state index in [4.69, 9.17) is 17.3 Å². The van der Waals surface area contributed by atoms with Gasteiger partial charge in [0.2, 0.25) is 5.95 Å². The van der Waals surface area contributed by atoms with Gasteiger partial charge in [0.05, 0.1) is 18.1 Å². The first kappa shape index (κ1) is 12.9. The Kier molecular flexibility index (Phi) is 3.54. The summed E-state index contributed by atoms with van der Waals surface area (Å²) in [5.74, 6) is 0.350. The maximum atomic E-state index is 5.90. The van der Waals surface area contributed by atoms with Gasteiger partial charge in [0, 0.05) is 15.5 Å². The van der Waals surface area contributed by atoms with E-state index in [1.807, 2.05) is 41.8 Å². The molecule has 0 aliphatic rings. The van der Waals surface area contributed by atoms with Crippen LogP contribution in [-0.4, -0.2) is 15.9 Å². The van der Waals surface area contributed by atoms with Crippen LogP contribution in [0, 0.1) is 0 Å². The van der Waals surface area contributed by atoms with Crippen LogP contribution in [0.3, 0.4) is 0 Å². The number of hydrogen-bond donors (Lipinski definition) is 1. The van der Waals surface area contributed by atoms with E-state index < -0.39 is 0 Å². The first-order chi connectivity index (χ1) is 9.74. The average Bonchev–Trinajstić information content (AvgIpc) is 3.07. The summed E-state index contributed by atoms with van der Waals surface area (Å²) in [5.41, 5.74) is 7.65. The lowest BCUT2D eigenvalue weighted by Crippen LogP contribution is -1.99. The molecule has 3 rings (SSSR count). The smallest absolute Gasteiger partial charge is 0.221 e. The van der Waals surface area contributed by atoms with Crippen molar-refractivity contribution in [3.05, 3.63) is 57.9 Å². The van der Waals surface area contributed by atoms with Crippen LogP contribution < -0.4 is 5.73 Å². The lowest BCUT2D eigenvalue weighted by Gasteiger charge is -2.03. The number of imidazole rings is 1. The fourth-order valence-corrected chi connectivity index (χ4v) is 2.48. The average molecular weight is 303 g/mol. The highest BCUT2D eigenvalue weighted by atomic mass is 35.5. The number of rotatable bonds is 3. The second kappa shape index (κ2) is 5.48. The Morgan fingerprint density at radius 3 is 2.75 bits per heavy atom. The van der Waals surface area contributed by atoms with Gasteiger partial charge in [-0.3, -0.25) is 0 Å². The van der Waals surface area contributed by atoms with Crippen molar-refractivity contribution in [3.63, 3.8) is 0 Å². The van der Waals surface area contributed by atoms with Crippen molar-refractivity contribution >= 4 is 35.1 Å². The van der Waals surface area contributed by atoms with Crippen molar-refractivity contribution in [2.75, 3.05) is 5.73 Å². The van der Waals surface area contributed by atoms with E-state index in [1.54, 1.807) is 28.4 Å². The predicted octanol–water partition coefficient (Wildman–Crippen LogP) is 3.73. The molecule has 0 spiro atoms. The highest BCUT2D eigenvalue weighted by Crippen LogP contribution is 2.23. The van der Waals surface area contributed by atoms with Crippen molar-refractivity contribution < 1.29 is 0 Å². The van der Waals surface area contributed by atoms with Crippen molar-refractivity contribution in [3.8, 4) is 11.3 Å². The molecule has 0 saturated heterocycles. The van der Waals surface area contributed by atoms with Crippen molar-refractivity contribution in [2.24, 2.45) is 5.10 Å². The minimum Gasteiger partial charge on any atom is -0.368 e. The van der Waals surface area contributed by atoms with Crippen LogP contribution >= 0.6 is 22.9 Å². The summed E-state index contributed by atoms with van der Waals surface area (Å²) < 4.78 is 1.61. The number of nitrogens with zero attached hydrogens (tertiary/aromatic N) is 3. The molecule has 6 heteroatoms. The van der Waals surface area contributed by atoms with Crippen LogP contribution in [0.4, 0.5) is 5.95 Å². The molecule has 0 bridgehead atoms. The molecule has 0 aliphatic heterocycles. The van der Waals surface area contributed by atoms with Gasteiger partial charge in [0.15, 0.2) is 0 Å². The molecule has 20 heavy (non-hydrogen) atoms. The van der Waals surface area contributed by atoms with E-state index in [2.05, 4.69) is 10.1 Å². The molecule has 0 atom stereocenters. The number of thiophene rings is 1. The van der Waals surface area contributed by atoms with Crippen molar-refractivity contribution in [1.82, 2.24) is 9.66 Å². The van der Waals surface area contributed by atoms with E-state index in [-0.39, 0.29) is 0 Å². The number of nitrogens with two attached hydrogens (primary N) is 1. The van der Waals surface area contributed by atoms with Crippen LogP contribution in [0.15, 0.2) is 53.1 Å². The van der Waals surface area contributed by atoms with Gasteiger partial charge in [-0.2, -0.15) is 9.78 Å². The molecule has 2 N–H and O–H groups in total. The quantitative estimate of drug-likeness (QED) is 0.749. The van der Waals surface area contributed by atoms with Crippen molar-refractivity contribution in [2.45, 2.75) is 0 Å². The van der Waals surface area contributed by atoms with E-state index in [0.717, 1.165) is 16.1 Å². The third-order valence-corrected chi connectivity index (χ3v) is 3.81. The third-order valence-electron chi connectivity index (χ3n) is 2.75. The SMILES string of the molecule is Nc1ncc(-c2ccc(Cl)cc2)n1N=Cc1cccs1. The van der Waals surface area contributed by atoms with Gasteiger partial charge in [0.1, 0.15) is 0 Å². The normalized spacial score (nSPS) is 11.2. The largest absolute Gasteiger partial charge is 0.368 e. The van der Waals surface area contributed by atoms with Crippen LogP contribution in [-0.2, 0) is 0 Å². The molecule has 2 aromatic heterocycles. The fourth-order valence-electron chi connectivity index (χ4n) is 1.78. The summed E-state index contributed by atoms with van der Waals surface area (Å²) in [6, 6.07) is 11.4. The zero-order valence-electron chi connectivity index (χ0n) is 10.4. The lowest BCUT2D eigenvalue weighted by atomic mass is 10.2. The summed E-state index contributed by atoms with van der Waals surface area (Å²) in [7, 11) is 0. The third kappa shape index (κ3) is 2.59. The number of aromatic nitrogens is 2. The standard InChI is InChI=1S/C14H11ClN4S/c15-11-5-3-10(4-6-11)13-9-17-14(16)19(13)18-8-12-2-1-7-20-12/h1-9H,(H2,16,17). The van der Waals surface area contributed by atoms with Gasteiger partial charge >= 0.3 is 0 Å². The molecule has 4 nitrogen and oxygen atoms in total. The zero-order chi connectivity index (χ0) is 13.9. The molecular formula is C14H11ClN4S. The molecule has 3 aromatic rings. The molecular weight excluding hydrogens is 292 g/mol. The molecule has 100 valence electrons. The van der Waals surface area contributed by atoms with Crippen LogP contribution in [0.5, 0.6) is 0 Å². The maximum absolute atomic E-state index is 5.90. The van der Waals surface area contributed by atoms with Crippen molar-refractivity contribution in [1.29, 1.82) is 0 Å². The Labute approximate surface area is 125 Å². The Morgan fingerprint density at radius 1 is 1.25 bits per heavy atom. The summed E-state index contributed by atoms with van der Waals surface area (Å²) in [6.45, 7) is 0. The van der Waals surface area contributed by atoms with Gasteiger partial charge in [-0.25, -0.2) is 4.98 Å². The van der Waals surface area contributed by atoms with Gasteiger partial charge in [-0.05, 0) is 23.6 Å². The number of nitrogen functional groups attached to an aromatic ring is 1. The fraction of sp³-hybridized carbons (Fsp3) is 0. The van der Waals surface area contributed by atoms with Crippen LogP contribution in [0.1, 0.15) is 4.88 Å². The molecule has 0 amide bonds. The summed E-state index contributed by atoms with van der Waals surface area (Å²) in [6.07, 6.45) is 3.46. The van der Waals surface area contributed by atoms with E-state index >= 15 is 0 Å². The monoisotopic (exact) mass is 302 g/mol. The second-order valence-electron chi connectivity index (χ2n) is 4.08. The first-order valence-electron chi connectivity index (χ1n) is 5.91. The molecule has 0 unspecified atom stereocenters. The minimum atomic E-state index is 0.350. The van der Waals surface area contributed by atoms with E-state index in [0.29, 0.717) is 11.0 Å². The molecule has 2 heterocycles. The van der Waals surface area contributed by atoms with Gasteiger partial charge < -0.3 is 5.73 Å². The highest BCUT2D eigenvalue weighted by molar-refractivity contribution is 7.11. The lowest BCUT2D eigenvalue weighted by molar-refractivity contribution is 0.906. The Morgan fingerprint density at radius 2 is 2.05 bits per heavy atom. The zero-order valence-corrected chi connectivity index (χ0v) is 12.0. The molecule has 0 radical (unpaired) electrons. The maximum Gasteiger partial charge on any atom is 0.221 e. The minimum absolute atomic E-state index is 0.350. The van der Waals surface area contributed by atoms with Gasteiger partial charge in [-0.1, -0.05) is 29.8 Å². The summed E-state index contributed by atoms with van der Waals surface area (Å²) in [5, 5.41) is 7.08. The number of hydrogen-bond acceptors (Lipinski definition) is 4. The van der Waals surface area contributed by atoms with Gasteiger partial charge in [0.25, 0.3) is 0 Å². The number of anilines is 1. The molecule has 0 aliphatic carbocycles. The van der Waals surface area contributed by atoms with E-state index in [9.17, 15) is 0 Å². The van der Waals surface area contributed by atoms with Crippen LogP contribution in [0.2, 0.25) is 5.02 Å². The number of halogens is 1. The van der Waals surface area contributed by atoms with E-state index in [1.165, 1.54) is 0 Å². The Bertz CT molecular complexity index is 729. The summed E-state index contributed by atoms with van der Waals surface area (Å²) >= 11 is 7.51. The van der Waals surface area contributed by atoms with Crippen LogP contribution in [0.25, 0.3) is 11.3 Å². The Balaban J connectivity index is 1.99. The topological polar surface area (TPSA) is 56.2 Å². The molecule has 0 saturated carbocycles. The molecule has 1 aromatic carbocycles. The second-order valence-corrected chi connectivity index (χ2v) is 5.50. The summed E-state index contributed by atoms with van der Waals surface area (Å²) in [4.78, 5) is 5.17. The first-order valence-corrected chi connectivity index (χ1v) is 7.17. The highest BCUT2D eigenvalue weighted by Gasteiger charge is 2.08. The molecule has 0 fully saturated rings. The number of benzene rings is 1.